The molecule has 0 bridgehead atoms. The van der Waals surface area contributed by atoms with Crippen molar-refractivity contribution in [2.24, 2.45) is 0 Å². The molecule has 4 heteroatoms. The maximum absolute atomic E-state index is 10.3. The number of carboxylic acids is 1. The number of aliphatic carboxylic acids is 1. The van der Waals surface area contributed by atoms with Crippen LogP contribution in [0.4, 0.5) is 0 Å². The van der Waals surface area contributed by atoms with E-state index in [0.717, 1.165) is 6.42 Å². The Morgan fingerprint density at radius 2 is 2.00 bits per heavy atom. The van der Waals surface area contributed by atoms with E-state index < -0.39 is 12.1 Å². The Kier molecular flexibility index (Phi) is 5.08. The monoisotopic (exact) mass is 203 g/mol. The van der Waals surface area contributed by atoms with Crippen molar-refractivity contribution in [1.82, 2.24) is 4.90 Å². The van der Waals surface area contributed by atoms with Crippen molar-refractivity contribution in [3.63, 3.8) is 0 Å². The van der Waals surface area contributed by atoms with E-state index in [0.29, 0.717) is 6.54 Å². The zero-order chi connectivity index (χ0) is 11.4. The largest absolute Gasteiger partial charge is 0.481 e. The molecule has 0 spiro atoms. The van der Waals surface area contributed by atoms with Crippen LogP contribution >= 0.6 is 0 Å². The maximum Gasteiger partial charge on any atom is 0.306 e. The van der Waals surface area contributed by atoms with Gasteiger partial charge in [-0.1, -0.05) is 6.92 Å². The van der Waals surface area contributed by atoms with Crippen LogP contribution in [0.15, 0.2) is 0 Å². The number of nitrogens with zero attached hydrogens (tertiary/aromatic N) is 1. The van der Waals surface area contributed by atoms with Gasteiger partial charge in [0.15, 0.2) is 0 Å². The molecule has 2 N–H and O–H groups in total. The van der Waals surface area contributed by atoms with Gasteiger partial charge in [-0.15, -0.1) is 0 Å². The average molecular weight is 203 g/mol. The molecule has 0 aromatic heterocycles. The molecule has 0 radical (unpaired) electrons. The van der Waals surface area contributed by atoms with E-state index in [-0.39, 0.29) is 12.0 Å². The molecule has 0 aliphatic rings. The molecule has 0 saturated carbocycles. The zero-order valence-corrected chi connectivity index (χ0v) is 9.45. The summed E-state index contributed by atoms with van der Waals surface area (Å²) < 4.78 is 0. The zero-order valence-electron chi connectivity index (χ0n) is 9.45. The quantitative estimate of drug-likeness (QED) is 0.674. The van der Waals surface area contributed by atoms with Gasteiger partial charge in [0.25, 0.3) is 0 Å². The smallest absolute Gasteiger partial charge is 0.306 e. The number of aliphatic hydroxyl groups is 1. The van der Waals surface area contributed by atoms with E-state index in [9.17, 15) is 9.90 Å². The van der Waals surface area contributed by atoms with Crippen molar-refractivity contribution in [3.8, 4) is 0 Å². The fraction of sp³-hybridized carbons (Fsp3) is 0.900. The van der Waals surface area contributed by atoms with Crippen molar-refractivity contribution < 1.29 is 15.0 Å². The van der Waals surface area contributed by atoms with E-state index >= 15 is 0 Å². The molecule has 1 unspecified atom stereocenters. The molecule has 0 aromatic carbocycles. The fourth-order valence-electron chi connectivity index (χ4n) is 1.10. The van der Waals surface area contributed by atoms with Gasteiger partial charge >= 0.3 is 5.97 Å². The number of likely N-dealkylation sites (N-methyl/N-ethyl adjacent to an activating group) is 1. The van der Waals surface area contributed by atoms with Gasteiger partial charge in [0, 0.05) is 12.1 Å². The first kappa shape index (κ1) is 13.4. The minimum absolute atomic E-state index is 0.000513. The molecule has 0 aliphatic heterocycles. The molecule has 84 valence electrons. The molecule has 0 saturated heterocycles. The fourth-order valence-corrected chi connectivity index (χ4v) is 1.10. The summed E-state index contributed by atoms with van der Waals surface area (Å²) in [5, 5.41) is 17.9. The topological polar surface area (TPSA) is 60.8 Å². The lowest BCUT2D eigenvalue weighted by atomic mass is 9.99. The number of aliphatic hydroxyl groups excluding tert-OH is 1. The molecule has 1 atom stereocenters. The molecular formula is C10H21NO3. The van der Waals surface area contributed by atoms with E-state index in [1.165, 1.54) is 0 Å². The van der Waals surface area contributed by atoms with Gasteiger partial charge in [0.1, 0.15) is 0 Å². The van der Waals surface area contributed by atoms with Gasteiger partial charge in [-0.25, -0.2) is 0 Å². The Hall–Kier alpha value is -0.610. The minimum Gasteiger partial charge on any atom is -0.481 e. The predicted octanol–water partition coefficient (Wildman–Crippen LogP) is 0.942. The Morgan fingerprint density at radius 1 is 1.50 bits per heavy atom. The van der Waals surface area contributed by atoms with Crippen LogP contribution in [0.1, 0.15) is 33.6 Å². The number of rotatable bonds is 6. The third-order valence-corrected chi connectivity index (χ3v) is 2.79. The Bertz CT molecular complexity index is 192. The first-order valence-corrected chi connectivity index (χ1v) is 4.90. The van der Waals surface area contributed by atoms with Crippen LogP contribution < -0.4 is 0 Å². The van der Waals surface area contributed by atoms with Gasteiger partial charge in [0.05, 0.1) is 12.5 Å². The highest BCUT2D eigenvalue weighted by atomic mass is 16.4. The van der Waals surface area contributed by atoms with Gasteiger partial charge in [-0.05, 0) is 27.3 Å². The Morgan fingerprint density at radius 3 is 2.36 bits per heavy atom. The summed E-state index contributed by atoms with van der Waals surface area (Å²) in [6, 6.07) is 0. The van der Waals surface area contributed by atoms with Crippen molar-refractivity contribution in [2.75, 3.05) is 13.6 Å². The summed E-state index contributed by atoms with van der Waals surface area (Å²) >= 11 is 0. The second-order valence-electron chi connectivity index (χ2n) is 4.30. The van der Waals surface area contributed by atoms with Crippen molar-refractivity contribution >= 4 is 5.97 Å². The van der Waals surface area contributed by atoms with E-state index in [1.807, 2.05) is 11.9 Å². The molecule has 14 heavy (non-hydrogen) atoms. The van der Waals surface area contributed by atoms with Crippen LogP contribution in [-0.4, -0.2) is 46.3 Å². The molecule has 0 heterocycles. The highest BCUT2D eigenvalue weighted by Crippen LogP contribution is 2.16. The maximum atomic E-state index is 10.3. The number of hydrogen-bond acceptors (Lipinski definition) is 3. The average Bonchev–Trinajstić information content (AvgIpc) is 2.02. The van der Waals surface area contributed by atoms with Crippen LogP contribution in [0.5, 0.6) is 0 Å². The molecule has 4 nitrogen and oxygen atoms in total. The highest BCUT2D eigenvalue weighted by Gasteiger charge is 2.23. The van der Waals surface area contributed by atoms with Crippen molar-refractivity contribution in [1.29, 1.82) is 0 Å². The van der Waals surface area contributed by atoms with Crippen LogP contribution in [0.25, 0.3) is 0 Å². The van der Waals surface area contributed by atoms with Gasteiger partial charge in [0.2, 0.25) is 0 Å². The second-order valence-corrected chi connectivity index (χ2v) is 4.30. The molecule has 0 aromatic rings. The van der Waals surface area contributed by atoms with Gasteiger partial charge in [-0.2, -0.15) is 0 Å². The van der Waals surface area contributed by atoms with E-state index in [2.05, 4.69) is 20.8 Å². The molecule has 0 amide bonds. The minimum atomic E-state index is -0.958. The predicted molar refractivity (Wildman–Crippen MR) is 55.3 cm³/mol. The SMILES string of the molecule is CCC(C)(C)N(C)CC(O)CC(=O)O. The molecular weight excluding hydrogens is 182 g/mol. The molecule has 0 rings (SSSR count). The first-order valence-electron chi connectivity index (χ1n) is 4.90. The lowest BCUT2D eigenvalue weighted by Crippen LogP contribution is -2.44. The first-order chi connectivity index (χ1) is 6.29. The third kappa shape index (κ3) is 4.58. The van der Waals surface area contributed by atoms with Gasteiger partial charge in [-0.3, -0.25) is 9.69 Å². The van der Waals surface area contributed by atoms with Crippen LogP contribution in [0.2, 0.25) is 0 Å². The summed E-state index contributed by atoms with van der Waals surface area (Å²) in [5.41, 5.74) is -0.000513. The molecule has 0 fully saturated rings. The summed E-state index contributed by atoms with van der Waals surface area (Å²) in [6.07, 6.45) is -0.0173. The number of carbonyl (C=O) groups is 1. The summed E-state index contributed by atoms with van der Waals surface area (Å²) in [6.45, 7) is 6.61. The summed E-state index contributed by atoms with van der Waals surface area (Å²) in [5.74, 6) is -0.958. The number of hydrogen-bond donors (Lipinski definition) is 2. The molecule has 0 aliphatic carbocycles. The highest BCUT2D eigenvalue weighted by molar-refractivity contribution is 5.67. The lowest BCUT2D eigenvalue weighted by molar-refractivity contribution is -0.139. The van der Waals surface area contributed by atoms with E-state index in [4.69, 9.17) is 5.11 Å². The van der Waals surface area contributed by atoms with Crippen LogP contribution in [0.3, 0.4) is 0 Å². The van der Waals surface area contributed by atoms with Crippen molar-refractivity contribution in [3.05, 3.63) is 0 Å². The second kappa shape index (κ2) is 5.32. The lowest BCUT2D eigenvalue weighted by Gasteiger charge is -2.35. The summed E-state index contributed by atoms with van der Waals surface area (Å²) in [4.78, 5) is 12.3. The van der Waals surface area contributed by atoms with Crippen LogP contribution in [0, 0.1) is 0 Å². The Balaban J connectivity index is 4.05. The normalized spacial score (nSPS) is 14.4. The van der Waals surface area contributed by atoms with Crippen molar-refractivity contribution in [2.45, 2.75) is 45.3 Å². The number of carboxylic acid groups (broad SMARTS) is 1. The standard InChI is InChI=1S/C10H21NO3/c1-5-10(2,3)11(4)7-8(12)6-9(13)14/h8,12H,5-7H2,1-4H3,(H,13,14). The summed E-state index contributed by atoms with van der Waals surface area (Å²) in [7, 11) is 1.90. The van der Waals surface area contributed by atoms with Crippen LogP contribution in [-0.2, 0) is 4.79 Å². The van der Waals surface area contributed by atoms with E-state index in [1.54, 1.807) is 0 Å². The van der Waals surface area contributed by atoms with Gasteiger partial charge < -0.3 is 10.2 Å². The Labute approximate surface area is 85.5 Å². The third-order valence-electron chi connectivity index (χ3n) is 2.79. The number of β-amino-alcohol motifs (C(OH)–C–C–N with tert-alkyl or cyclic N) is 1.